The SMILES string of the molecule is CN(c1ccccc1)c1ncnc(Nc2cc(F)ccc2F)c1[N+](=O)[O-]. The lowest BCUT2D eigenvalue weighted by atomic mass is 10.2. The molecule has 3 aromatic rings. The molecule has 0 fully saturated rings. The summed E-state index contributed by atoms with van der Waals surface area (Å²) in [6, 6.07) is 11.6. The first-order valence-corrected chi connectivity index (χ1v) is 7.47. The van der Waals surface area contributed by atoms with Crippen LogP contribution in [0.2, 0.25) is 0 Å². The van der Waals surface area contributed by atoms with Crippen LogP contribution in [0.1, 0.15) is 0 Å². The second kappa shape index (κ2) is 7.09. The molecule has 7 nitrogen and oxygen atoms in total. The molecule has 0 aliphatic heterocycles. The molecule has 1 heterocycles. The van der Waals surface area contributed by atoms with Crippen LogP contribution in [0.3, 0.4) is 0 Å². The lowest BCUT2D eigenvalue weighted by molar-refractivity contribution is -0.383. The highest BCUT2D eigenvalue weighted by molar-refractivity contribution is 5.77. The summed E-state index contributed by atoms with van der Waals surface area (Å²) in [5, 5.41) is 14.1. The van der Waals surface area contributed by atoms with Gasteiger partial charge in [-0.25, -0.2) is 18.7 Å². The van der Waals surface area contributed by atoms with Crippen LogP contribution in [0, 0.1) is 21.7 Å². The van der Waals surface area contributed by atoms with Gasteiger partial charge >= 0.3 is 5.69 Å². The Morgan fingerprint density at radius 1 is 1.12 bits per heavy atom. The summed E-state index contributed by atoms with van der Waals surface area (Å²) in [4.78, 5) is 20.3. The fraction of sp³-hybridized carbons (Fsp3) is 0.0588. The molecule has 0 atom stereocenters. The van der Waals surface area contributed by atoms with E-state index in [2.05, 4.69) is 15.3 Å². The van der Waals surface area contributed by atoms with Gasteiger partial charge in [0.05, 0.1) is 10.6 Å². The number of nitrogens with zero attached hydrogens (tertiary/aromatic N) is 4. The molecule has 0 bridgehead atoms. The smallest absolute Gasteiger partial charge is 0.332 e. The third kappa shape index (κ3) is 3.41. The topological polar surface area (TPSA) is 84.2 Å². The largest absolute Gasteiger partial charge is 0.354 e. The van der Waals surface area contributed by atoms with E-state index in [0.717, 1.165) is 24.5 Å². The van der Waals surface area contributed by atoms with Crippen molar-refractivity contribution in [1.29, 1.82) is 0 Å². The fourth-order valence-electron chi connectivity index (χ4n) is 2.37. The Labute approximate surface area is 147 Å². The number of rotatable bonds is 5. The van der Waals surface area contributed by atoms with E-state index in [9.17, 15) is 18.9 Å². The molecule has 0 radical (unpaired) electrons. The van der Waals surface area contributed by atoms with Gasteiger partial charge in [-0.1, -0.05) is 18.2 Å². The highest BCUT2D eigenvalue weighted by atomic mass is 19.1. The van der Waals surface area contributed by atoms with Gasteiger partial charge in [0.15, 0.2) is 0 Å². The lowest BCUT2D eigenvalue weighted by Gasteiger charge is -2.19. The molecular formula is C17H13F2N5O2. The molecule has 0 aliphatic carbocycles. The molecule has 132 valence electrons. The highest BCUT2D eigenvalue weighted by Crippen LogP contribution is 2.36. The first-order valence-electron chi connectivity index (χ1n) is 7.47. The Balaban J connectivity index is 2.07. The van der Waals surface area contributed by atoms with Crippen molar-refractivity contribution in [2.45, 2.75) is 0 Å². The van der Waals surface area contributed by atoms with Crippen LogP contribution < -0.4 is 10.2 Å². The minimum absolute atomic E-state index is 0.00973. The number of halogens is 2. The van der Waals surface area contributed by atoms with Gasteiger partial charge in [0.2, 0.25) is 11.6 Å². The molecule has 0 unspecified atom stereocenters. The molecule has 0 saturated heterocycles. The predicted octanol–water partition coefficient (Wildman–Crippen LogP) is 4.17. The molecule has 0 amide bonds. The minimum Gasteiger partial charge on any atom is -0.332 e. The van der Waals surface area contributed by atoms with Gasteiger partial charge in [-0.05, 0) is 24.3 Å². The van der Waals surface area contributed by atoms with Gasteiger partial charge in [0.1, 0.15) is 18.0 Å². The molecule has 0 spiro atoms. The summed E-state index contributed by atoms with van der Waals surface area (Å²) in [5.74, 6) is -1.69. The molecule has 9 heteroatoms. The van der Waals surface area contributed by atoms with Crippen molar-refractivity contribution in [3.8, 4) is 0 Å². The normalized spacial score (nSPS) is 10.4. The molecule has 0 aliphatic rings. The molecule has 3 rings (SSSR count). The Hall–Kier alpha value is -3.62. The van der Waals surface area contributed by atoms with Crippen LogP contribution in [0.25, 0.3) is 0 Å². The zero-order valence-electron chi connectivity index (χ0n) is 13.6. The van der Waals surface area contributed by atoms with Crippen LogP contribution in [0.4, 0.5) is 37.5 Å². The summed E-state index contributed by atoms with van der Waals surface area (Å²) >= 11 is 0. The van der Waals surface area contributed by atoms with E-state index < -0.39 is 22.2 Å². The van der Waals surface area contributed by atoms with Crippen molar-refractivity contribution in [3.63, 3.8) is 0 Å². The molecule has 1 aromatic heterocycles. The van der Waals surface area contributed by atoms with Gasteiger partial charge in [-0.2, -0.15) is 0 Å². The zero-order valence-corrected chi connectivity index (χ0v) is 13.6. The number of benzene rings is 2. The zero-order chi connectivity index (χ0) is 18.7. The minimum atomic E-state index is -0.766. The first kappa shape index (κ1) is 17.2. The monoisotopic (exact) mass is 357 g/mol. The molecule has 2 aromatic carbocycles. The Morgan fingerprint density at radius 2 is 1.85 bits per heavy atom. The van der Waals surface area contributed by atoms with Crippen LogP contribution in [0.5, 0.6) is 0 Å². The van der Waals surface area contributed by atoms with Crippen molar-refractivity contribution in [2.75, 3.05) is 17.3 Å². The quantitative estimate of drug-likeness (QED) is 0.545. The van der Waals surface area contributed by atoms with Crippen molar-refractivity contribution in [3.05, 3.63) is 76.6 Å². The summed E-state index contributed by atoms with van der Waals surface area (Å²) in [7, 11) is 1.61. The Morgan fingerprint density at radius 3 is 2.54 bits per heavy atom. The fourth-order valence-corrected chi connectivity index (χ4v) is 2.37. The first-order chi connectivity index (χ1) is 12.5. The van der Waals surface area contributed by atoms with Gasteiger partial charge in [-0.3, -0.25) is 10.1 Å². The number of hydrogen-bond acceptors (Lipinski definition) is 6. The number of hydrogen-bond donors (Lipinski definition) is 1. The van der Waals surface area contributed by atoms with Gasteiger partial charge in [0, 0.05) is 18.8 Å². The standard InChI is InChI=1S/C17H13F2N5O2/c1-23(12-5-3-2-4-6-12)17-15(24(25)26)16(20-10-21-17)22-14-9-11(18)7-8-13(14)19/h2-10H,1H3,(H,20,21,22). The summed E-state index contributed by atoms with van der Waals surface area (Å²) in [6.45, 7) is 0. The molecule has 0 saturated carbocycles. The maximum absolute atomic E-state index is 13.9. The average Bonchev–Trinajstić information content (AvgIpc) is 2.64. The lowest BCUT2D eigenvalue weighted by Crippen LogP contribution is -2.15. The van der Waals surface area contributed by atoms with Gasteiger partial charge < -0.3 is 10.2 Å². The van der Waals surface area contributed by atoms with Gasteiger partial charge in [-0.15, -0.1) is 0 Å². The second-order valence-electron chi connectivity index (χ2n) is 5.30. The molecule has 1 N–H and O–H groups in total. The van der Waals surface area contributed by atoms with E-state index in [1.807, 2.05) is 6.07 Å². The van der Waals surface area contributed by atoms with E-state index in [1.165, 1.54) is 4.90 Å². The van der Waals surface area contributed by atoms with E-state index in [-0.39, 0.29) is 17.3 Å². The summed E-state index contributed by atoms with van der Waals surface area (Å²) in [5.41, 5.74) is -0.0557. The third-order valence-corrected chi connectivity index (χ3v) is 3.63. The third-order valence-electron chi connectivity index (χ3n) is 3.63. The van der Waals surface area contributed by atoms with Crippen molar-refractivity contribution < 1.29 is 13.7 Å². The van der Waals surface area contributed by atoms with Crippen LogP contribution in [-0.4, -0.2) is 21.9 Å². The number of para-hydroxylation sites is 1. The summed E-state index contributed by atoms with van der Waals surface area (Å²) < 4.78 is 27.2. The Bertz CT molecular complexity index is 953. The molecule has 26 heavy (non-hydrogen) atoms. The van der Waals surface area contributed by atoms with Crippen molar-refractivity contribution in [2.24, 2.45) is 0 Å². The van der Waals surface area contributed by atoms with E-state index in [0.29, 0.717) is 5.69 Å². The number of nitrogens with one attached hydrogen (secondary N) is 1. The van der Waals surface area contributed by atoms with Gasteiger partial charge in [0.25, 0.3) is 0 Å². The van der Waals surface area contributed by atoms with E-state index in [4.69, 9.17) is 0 Å². The number of nitro groups is 1. The summed E-state index contributed by atoms with van der Waals surface area (Å²) in [6.07, 6.45) is 1.11. The highest BCUT2D eigenvalue weighted by Gasteiger charge is 2.26. The second-order valence-corrected chi connectivity index (χ2v) is 5.30. The van der Waals surface area contributed by atoms with Crippen LogP contribution in [-0.2, 0) is 0 Å². The predicted molar refractivity (Wildman–Crippen MR) is 92.8 cm³/mol. The maximum Gasteiger partial charge on any atom is 0.354 e. The van der Waals surface area contributed by atoms with Crippen LogP contribution in [0.15, 0.2) is 54.9 Å². The van der Waals surface area contributed by atoms with E-state index >= 15 is 0 Å². The maximum atomic E-state index is 13.9. The number of anilines is 4. The van der Waals surface area contributed by atoms with Crippen molar-refractivity contribution in [1.82, 2.24) is 9.97 Å². The Kier molecular flexibility index (Phi) is 4.70. The number of aromatic nitrogens is 2. The molecular weight excluding hydrogens is 344 g/mol. The van der Waals surface area contributed by atoms with Crippen LogP contribution >= 0.6 is 0 Å². The van der Waals surface area contributed by atoms with E-state index in [1.54, 1.807) is 31.3 Å². The average molecular weight is 357 g/mol. The van der Waals surface area contributed by atoms with Crippen molar-refractivity contribution >= 4 is 28.7 Å².